The SMILES string of the molecule is COC(=O)c1cc(-c2cccnc2)nn1C. The highest BCUT2D eigenvalue weighted by molar-refractivity contribution is 5.88. The molecule has 0 aliphatic heterocycles. The van der Waals surface area contributed by atoms with Gasteiger partial charge in [-0.2, -0.15) is 5.10 Å². The Balaban J connectivity index is 2.42. The fourth-order valence-corrected chi connectivity index (χ4v) is 1.42. The number of rotatable bonds is 2. The van der Waals surface area contributed by atoms with Crippen LogP contribution in [0.5, 0.6) is 0 Å². The molecule has 0 aliphatic rings. The van der Waals surface area contributed by atoms with Crippen LogP contribution in [0.15, 0.2) is 30.6 Å². The third kappa shape index (κ3) is 1.79. The summed E-state index contributed by atoms with van der Waals surface area (Å²) in [5.74, 6) is -0.398. The lowest BCUT2D eigenvalue weighted by molar-refractivity contribution is 0.0588. The Hall–Kier alpha value is -2.17. The van der Waals surface area contributed by atoms with Crippen molar-refractivity contribution in [3.63, 3.8) is 0 Å². The number of esters is 1. The van der Waals surface area contributed by atoms with Crippen molar-refractivity contribution < 1.29 is 9.53 Å². The van der Waals surface area contributed by atoms with Crippen LogP contribution >= 0.6 is 0 Å². The fourth-order valence-electron chi connectivity index (χ4n) is 1.42. The number of methoxy groups -OCH3 is 1. The van der Waals surface area contributed by atoms with Crippen molar-refractivity contribution in [3.05, 3.63) is 36.3 Å². The summed E-state index contributed by atoms with van der Waals surface area (Å²) in [7, 11) is 3.05. The lowest BCUT2D eigenvalue weighted by atomic mass is 10.2. The summed E-state index contributed by atoms with van der Waals surface area (Å²) in [5.41, 5.74) is 1.99. The molecule has 82 valence electrons. The van der Waals surface area contributed by atoms with Crippen LogP contribution in [0.2, 0.25) is 0 Å². The molecule has 0 saturated heterocycles. The van der Waals surface area contributed by atoms with Gasteiger partial charge in [0.1, 0.15) is 5.69 Å². The van der Waals surface area contributed by atoms with Crippen molar-refractivity contribution in [3.8, 4) is 11.3 Å². The summed E-state index contributed by atoms with van der Waals surface area (Å²) in [5, 5.41) is 4.23. The number of carbonyl (C=O) groups excluding carboxylic acids is 1. The third-order valence-corrected chi connectivity index (χ3v) is 2.23. The molecule has 5 nitrogen and oxygen atoms in total. The van der Waals surface area contributed by atoms with E-state index in [9.17, 15) is 4.79 Å². The van der Waals surface area contributed by atoms with Crippen LogP contribution in [-0.2, 0) is 11.8 Å². The van der Waals surface area contributed by atoms with Gasteiger partial charge in [0, 0.05) is 25.0 Å². The molecule has 5 heteroatoms. The number of carbonyl (C=O) groups is 1. The molecule has 0 saturated carbocycles. The average Bonchev–Trinajstić information content (AvgIpc) is 2.71. The summed E-state index contributed by atoms with van der Waals surface area (Å²) in [4.78, 5) is 15.4. The second-order valence-electron chi connectivity index (χ2n) is 3.27. The minimum absolute atomic E-state index is 0.398. The van der Waals surface area contributed by atoms with Crippen LogP contribution in [0.1, 0.15) is 10.5 Å². The van der Waals surface area contributed by atoms with Crippen LogP contribution in [0.3, 0.4) is 0 Å². The average molecular weight is 217 g/mol. The normalized spacial score (nSPS) is 10.1. The number of hydrogen-bond donors (Lipinski definition) is 0. The van der Waals surface area contributed by atoms with Crippen LogP contribution in [0.25, 0.3) is 11.3 Å². The maximum Gasteiger partial charge on any atom is 0.356 e. The molecule has 0 aliphatic carbocycles. The summed E-state index contributed by atoms with van der Waals surface area (Å²) in [6.45, 7) is 0. The highest BCUT2D eigenvalue weighted by atomic mass is 16.5. The van der Waals surface area contributed by atoms with Crippen molar-refractivity contribution in [2.75, 3.05) is 7.11 Å². The molecule has 2 rings (SSSR count). The number of hydrogen-bond acceptors (Lipinski definition) is 4. The van der Waals surface area contributed by atoms with E-state index in [1.54, 1.807) is 25.5 Å². The summed E-state index contributed by atoms with van der Waals surface area (Å²) < 4.78 is 6.15. The van der Waals surface area contributed by atoms with Gasteiger partial charge in [-0.15, -0.1) is 0 Å². The zero-order valence-electron chi connectivity index (χ0n) is 9.04. The quantitative estimate of drug-likeness (QED) is 0.711. The number of aryl methyl sites for hydroxylation is 1. The molecule has 0 N–H and O–H groups in total. The van der Waals surface area contributed by atoms with Gasteiger partial charge in [0.05, 0.1) is 12.8 Å². The van der Waals surface area contributed by atoms with E-state index < -0.39 is 5.97 Å². The summed E-state index contributed by atoms with van der Waals surface area (Å²) >= 11 is 0. The van der Waals surface area contributed by atoms with Crippen LogP contribution in [0.4, 0.5) is 0 Å². The molecule has 0 radical (unpaired) electrons. The molecular formula is C11H11N3O2. The maximum atomic E-state index is 11.4. The predicted octanol–water partition coefficient (Wildman–Crippen LogP) is 1.27. The Morgan fingerprint density at radius 1 is 1.50 bits per heavy atom. The molecular weight excluding hydrogens is 206 g/mol. The van der Waals surface area contributed by atoms with Gasteiger partial charge in [-0.05, 0) is 18.2 Å². The third-order valence-electron chi connectivity index (χ3n) is 2.23. The molecule has 2 aromatic heterocycles. The number of ether oxygens (including phenoxy) is 1. The van der Waals surface area contributed by atoms with Gasteiger partial charge in [0.15, 0.2) is 0 Å². The van der Waals surface area contributed by atoms with Crippen LogP contribution in [0, 0.1) is 0 Å². The summed E-state index contributed by atoms with van der Waals surface area (Å²) in [6, 6.07) is 5.39. The van der Waals surface area contributed by atoms with E-state index >= 15 is 0 Å². The number of nitrogens with zero attached hydrogens (tertiary/aromatic N) is 3. The molecule has 2 aromatic rings. The van der Waals surface area contributed by atoms with E-state index in [0.29, 0.717) is 11.4 Å². The molecule has 0 bridgehead atoms. The Morgan fingerprint density at radius 2 is 2.31 bits per heavy atom. The molecule has 0 atom stereocenters. The monoisotopic (exact) mass is 217 g/mol. The number of pyridine rings is 1. The zero-order valence-corrected chi connectivity index (χ0v) is 9.04. The van der Waals surface area contributed by atoms with E-state index in [2.05, 4.69) is 14.8 Å². The second-order valence-corrected chi connectivity index (χ2v) is 3.27. The maximum absolute atomic E-state index is 11.4. The fraction of sp³-hybridized carbons (Fsp3) is 0.182. The molecule has 16 heavy (non-hydrogen) atoms. The van der Waals surface area contributed by atoms with E-state index in [0.717, 1.165) is 5.56 Å². The summed E-state index contributed by atoms with van der Waals surface area (Å²) in [6.07, 6.45) is 3.39. The first-order valence-electron chi connectivity index (χ1n) is 4.75. The van der Waals surface area contributed by atoms with Gasteiger partial charge in [0.2, 0.25) is 0 Å². The van der Waals surface area contributed by atoms with Gasteiger partial charge in [-0.3, -0.25) is 9.67 Å². The Kier molecular flexibility index (Phi) is 2.68. The van der Waals surface area contributed by atoms with E-state index in [4.69, 9.17) is 0 Å². The van der Waals surface area contributed by atoms with E-state index in [1.807, 2.05) is 12.1 Å². The van der Waals surface area contributed by atoms with E-state index in [-0.39, 0.29) is 0 Å². The van der Waals surface area contributed by atoms with Crippen molar-refractivity contribution in [2.24, 2.45) is 7.05 Å². The van der Waals surface area contributed by atoms with Crippen molar-refractivity contribution in [1.82, 2.24) is 14.8 Å². The molecule has 0 spiro atoms. The Morgan fingerprint density at radius 3 is 2.94 bits per heavy atom. The van der Waals surface area contributed by atoms with Gasteiger partial charge in [-0.25, -0.2) is 4.79 Å². The van der Waals surface area contributed by atoms with E-state index in [1.165, 1.54) is 11.8 Å². The van der Waals surface area contributed by atoms with Crippen LogP contribution in [-0.4, -0.2) is 27.8 Å². The zero-order chi connectivity index (χ0) is 11.5. The van der Waals surface area contributed by atoms with Gasteiger partial charge in [-0.1, -0.05) is 0 Å². The largest absolute Gasteiger partial charge is 0.464 e. The van der Waals surface area contributed by atoms with Crippen LogP contribution < -0.4 is 0 Å². The lowest BCUT2D eigenvalue weighted by Crippen LogP contribution is -2.07. The molecule has 0 aromatic carbocycles. The first kappa shape index (κ1) is 10.4. The van der Waals surface area contributed by atoms with Crippen molar-refractivity contribution >= 4 is 5.97 Å². The highest BCUT2D eigenvalue weighted by Gasteiger charge is 2.14. The smallest absolute Gasteiger partial charge is 0.356 e. The molecule has 2 heterocycles. The Labute approximate surface area is 92.7 Å². The Bertz CT molecular complexity index is 505. The van der Waals surface area contributed by atoms with Gasteiger partial charge < -0.3 is 4.74 Å². The number of aromatic nitrogens is 3. The first-order chi connectivity index (χ1) is 7.72. The molecule has 0 amide bonds. The standard InChI is InChI=1S/C11H11N3O2/c1-14-10(11(15)16-2)6-9(13-14)8-4-3-5-12-7-8/h3-7H,1-2H3. The molecule has 0 fully saturated rings. The van der Waals surface area contributed by atoms with Crippen molar-refractivity contribution in [2.45, 2.75) is 0 Å². The minimum Gasteiger partial charge on any atom is -0.464 e. The second kappa shape index (κ2) is 4.14. The first-order valence-corrected chi connectivity index (χ1v) is 4.75. The molecule has 0 unspecified atom stereocenters. The highest BCUT2D eigenvalue weighted by Crippen LogP contribution is 2.17. The van der Waals surface area contributed by atoms with Gasteiger partial charge in [0.25, 0.3) is 0 Å². The predicted molar refractivity (Wildman–Crippen MR) is 57.8 cm³/mol. The lowest BCUT2D eigenvalue weighted by Gasteiger charge is -1.96. The topological polar surface area (TPSA) is 57.0 Å². The van der Waals surface area contributed by atoms with Crippen molar-refractivity contribution in [1.29, 1.82) is 0 Å². The van der Waals surface area contributed by atoms with Gasteiger partial charge >= 0.3 is 5.97 Å². The minimum atomic E-state index is -0.398.